The molecule has 0 aromatic heterocycles. The number of nitro groups is 1. The van der Waals surface area contributed by atoms with Gasteiger partial charge in [-0.2, -0.15) is 0 Å². The number of amides is 1. The number of carbonyl (C=O) groups excluding carboxylic acids is 1. The van der Waals surface area contributed by atoms with Gasteiger partial charge in [0.2, 0.25) is 0 Å². The molecule has 0 saturated heterocycles. The molecule has 21 heavy (non-hydrogen) atoms. The highest BCUT2D eigenvalue weighted by atomic mass is 35.5. The monoisotopic (exact) mass is 309 g/mol. The van der Waals surface area contributed by atoms with E-state index in [1.165, 1.54) is 18.2 Å². The molecule has 6 nitrogen and oxygen atoms in total. The number of halogens is 2. The van der Waals surface area contributed by atoms with Crippen molar-refractivity contribution in [3.8, 4) is 0 Å². The van der Waals surface area contributed by atoms with Gasteiger partial charge in [0.15, 0.2) is 0 Å². The minimum absolute atomic E-state index is 0.152. The van der Waals surface area contributed by atoms with Gasteiger partial charge in [0, 0.05) is 16.8 Å². The predicted octanol–water partition coefficient (Wildman–Crippen LogP) is 3.22. The van der Waals surface area contributed by atoms with Crippen LogP contribution in [0.1, 0.15) is 10.4 Å². The Morgan fingerprint density at radius 2 is 2.00 bits per heavy atom. The second kappa shape index (κ2) is 5.76. The summed E-state index contributed by atoms with van der Waals surface area (Å²) >= 11 is 5.73. The van der Waals surface area contributed by atoms with Gasteiger partial charge in [0.25, 0.3) is 11.6 Å². The minimum Gasteiger partial charge on any atom is -0.399 e. The second-order valence-corrected chi connectivity index (χ2v) is 4.55. The molecule has 0 unspecified atom stereocenters. The molecule has 0 aliphatic rings. The third-order valence-corrected chi connectivity index (χ3v) is 2.87. The van der Waals surface area contributed by atoms with Crippen LogP contribution in [-0.2, 0) is 0 Å². The maximum Gasteiger partial charge on any atom is 0.282 e. The van der Waals surface area contributed by atoms with Crippen LogP contribution in [0, 0.1) is 15.9 Å². The van der Waals surface area contributed by atoms with Crippen LogP contribution >= 0.6 is 11.6 Å². The average Bonchev–Trinajstić information content (AvgIpc) is 2.42. The van der Waals surface area contributed by atoms with E-state index in [-0.39, 0.29) is 22.0 Å². The summed E-state index contributed by atoms with van der Waals surface area (Å²) in [5.41, 5.74) is 4.87. The van der Waals surface area contributed by atoms with Crippen molar-refractivity contribution in [3.05, 3.63) is 62.9 Å². The molecule has 2 aromatic rings. The van der Waals surface area contributed by atoms with Crippen molar-refractivity contribution >= 4 is 34.6 Å². The third kappa shape index (κ3) is 3.26. The van der Waals surface area contributed by atoms with Crippen molar-refractivity contribution in [2.75, 3.05) is 11.1 Å². The molecule has 1 amide bonds. The maximum absolute atomic E-state index is 13.6. The second-order valence-electron chi connectivity index (χ2n) is 4.11. The Hall–Kier alpha value is -2.67. The molecule has 0 saturated carbocycles. The lowest BCUT2D eigenvalue weighted by Crippen LogP contribution is -2.15. The van der Waals surface area contributed by atoms with E-state index < -0.39 is 22.3 Å². The Labute approximate surface area is 123 Å². The Kier molecular flexibility index (Phi) is 4.04. The zero-order valence-corrected chi connectivity index (χ0v) is 11.2. The zero-order chi connectivity index (χ0) is 15.6. The first-order chi connectivity index (χ1) is 9.88. The first kappa shape index (κ1) is 14.7. The van der Waals surface area contributed by atoms with Crippen LogP contribution in [0.25, 0.3) is 0 Å². The van der Waals surface area contributed by atoms with Crippen LogP contribution in [0.2, 0.25) is 5.02 Å². The molecule has 0 atom stereocenters. The lowest BCUT2D eigenvalue weighted by atomic mass is 10.1. The van der Waals surface area contributed by atoms with Crippen LogP contribution in [0.5, 0.6) is 0 Å². The highest BCUT2D eigenvalue weighted by Crippen LogP contribution is 2.25. The number of carbonyl (C=O) groups is 1. The molecule has 3 N–H and O–H groups in total. The van der Waals surface area contributed by atoms with E-state index in [0.717, 1.165) is 18.2 Å². The standard InChI is InChI=1S/C13H9ClFN3O3/c14-7-1-4-12(18(20)21)9(5-7)13(19)17-11-6-8(16)2-3-10(11)15/h1-6H,16H2,(H,17,19). The van der Waals surface area contributed by atoms with Gasteiger partial charge in [0.1, 0.15) is 11.4 Å². The van der Waals surface area contributed by atoms with Gasteiger partial charge in [-0.3, -0.25) is 14.9 Å². The summed E-state index contributed by atoms with van der Waals surface area (Å²) in [4.78, 5) is 22.3. The number of hydrogen-bond donors (Lipinski definition) is 2. The van der Waals surface area contributed by atoms with E-state index in [4.69, 9.17) is 17.3 Å². The molecule has 8 heteroatoms. The van der Waals surface area contributed by atoms with Gasteiger partial charge >= 0.3 is 0 Å². The largest absolute Gasteiger partial charge is 0.399 e. The fraction of sp³-hybridized carbons (Fsp3) is 0. The molecule has 0 spiro atoms. The number of nitrogens with one attached hydrogen (secondary N) is 1. The highest BCUT2D eigenvalue weighted by molar-refractivity contribution is 6.31. The lowest BCUT2D eigenvalue weighted by Gasteiger charge is -2.08. The number of nitrogens with two attached hydrogens (primary N) is 1. The molecule has 0 aliphatic carbocycles. The molecule has 0 heterocycles. The fourth-order valence-corrected chi connectivity index (χ4v) is 1.85. The van der Waals surface area contributed by atoms with Gasteiger partial charge in [-0.1, -0.05) is 11.6 Å². The molecular formula is C13H9ClFN3O3. The van der Waals surface area contributed by atoms with E-state index in [1.807, 2.05) is 0 Å². The molecule has 2 aromatic carbocycles. The summed E-state index contributed by atoms with van der Waals surface area (Å²) in [6, 6.07) is 7.15. The smallest absolute Gasteiger partial charge is 0.282 e. The van der Waals surface area contributed by atoms with E-state index in [1.54, 1.807) is 0 Å². The summed E-state index contributed by atoms with van der Waals surface area (Å²) in [5, 5.41) is 13.3. The summed E-state index contributed by atoms with van der Waals surface area (Å²) in [6.45, 7) is 0. The Balaban J connectivity index is 2.39. The molecule has 0 fully saturated rings. The van der Waals surface area contributed by atoms with Gasteiger partial charge in [0.05, 0.1) is 10.6 Å². The van der Waals surface area contributed by atoms with Crippen molar-refractivity contribution < 1.29 is 14.1 Å². The van der Waals surface area contributed by atoms with Crippen molar-refractivity contribution in [1.29, 1.82) is 0 Å². The third-order valence-electron chi connectivity index (χ3n) is 2.64. The summed E-state index contributed by atoms with van der Waals surface area (Å²) in [7, 11) is 0. The SMILES string of the molecule is Nc1ccc(F)c(NC(=O)c2cc(Cl)ccc2[N+](=O)[O-])c1. The first-order valence-corrected chi connectivity index (χ1v) is 6.06. The van der Waals surface area contributed by atoms with Crippen LogP contribution in [0.4, 0.5) is 21.5 Å². The summed E-state index contributed by atoms with van der Waals surface area (Å²) in [5.74, 6) is -1.56. The van der Waals surface area contributed by atoms with Crippen LogP contribution in [0.3, 0.4) is 0 Å². The number of hydrogen-bond acceptors (Lipinski definition) is 4. The minimum atomic E-state index is -0.853. The lowest BCUT2D eigenvalue weighted by molar-refractivity contribution is -0.385. The number of nitrogen functional groups attached to an aromatic ring is 1. The van der Waals surface area contributed by atoms with Crippen molar-refractivity contribution in [2.45, 2.75) is 0 Å². The number of nitro benzene ring substituents is 1. The van der Waals surface area contributed by atoms with E-state index in [0.29, 0.717) is 0 Å². The van der Waals surface area contributed by atoms with Crippen LogP contribution < -0.4 is 11.1 Å². The van der Waals surface area contributed by atoms with Gasteiger partial charge in [-0.25, -0.2) is 4.39 Å². The molecule has 0 bridgehead atoms. The van der Waals surface area contributed by atoms with Crippen molar-refractivity contribution in [3.63, 3.8) is 0 Å². The van der Waals surface area contributed by atoms with E-state index in [9.17, 15) is 19.3 Å². The first-order valence-electron chi connectivity index (χ1n) is 5.69. The number of nitrogens with zero attached hydrogens (tertiary/aromatic N) is 1. The van der Waals surface area contributed by atoms with Crippen molar-refractivity contribution in [2.24, 2.45) is 0 Å². The molecule has 2 rings (SSSR count). The average molecular weight is 310 g/mol. The predicted molar refractivity (Wildman–Crippen MR) is 76.9 cm³/mol. The van der Waals surface area contributed by atoms with Crippen LogP contribution in [0.15, 0.2) is 36.4 Å². The maximum atomic E-state index is 13.6. The van der Waals surface area contributed by atoms with Gasteiger partial charge < -0.3 is 11.1 Å². The number of anilines is 2. The molecule has 0 radical (unpaired) electrons. The quantitative estimate of drug-likeness (QED) is 0.516. The topological polar surface area (TPSA) is 98.3 Å². The molecule has 0 aliphatic heterocycles. The van der Waals surface area contributed by atoms with Gasteiger partial charge in [-0.05, 0) is 30.3 Å². The van der Waals surface area contributed by atoms with E-state index in [2.05, 4.69) is 5.32 Å². The Morgan fingerprint density at radius 3 is 2.67 bits per heavy atom. The Bertz CT molecular complexity index is 737. The Morgan fingerprint density at radius 1 is 1.29 bits per heavy atom. The van der Waals surface area contributed by atoms with Gasteiger partial charge in [-0.15, -0.1) is 0 Å². The normalized spacial score (nSPS) is 10.2. The fourth-order valence-electron chi connectivity index (χ4n) is 1.68. The summed E-state index contributed by atoms with van der Waals surface area (Å²) in [6.07, 6.45) is 0. The molecule has 108 valence electrons. The zero-order valence-electron chi connectivity index (χ0n) is 10.5. The summed E-state index contributed by atoms with van der Waals surface area (Å²) < 4.78 is 13.6. The van der Waals surface area contributed by atoms with E-state index >= 15 is 0 Å². The van der Waals surface area contributed by atoms with Crippen molar-refractivity contribution in [1.82, 2.24) is 0 Å². The number of benzene rings is 2. The highest BCUT2D eigenvalue weighted by Gasteiger charge is 2.21. The molecular weight excluding hydrogens is 301 g/mol. The van der Waals surface area contributed by atoms with Crippen LogP contribution in [-0.4, -0.2) is 10.8 Å². The number of rotatable bonds is 3.